The minimum Gasteiger partial charge on any atom is -0.322 e. The highest BCUT2D eigenvalue weighted by Crippen LogP contribution is 2.33. The van der Waals surface area contributed by atoms with E-state index in [2.05, 4.69) is 76.5 Å². The van der Waals surface area contributed by atoms with Crippen LogP contribution < -0.4 is 5.56 Å². The van der Waals surface area contributed by atoms with Gasteiger partial charge in [0.2, 0.25) is 0 Å². The molecule has 1 fully saturated rings. The zero-order chi connectivity index (χ0) is 25.1. The number of pyridine rings is 1. The Bertz CT molecular complexity index is 1370. The summed E-state index contributed by atoms with van der Waals surface area (Å²) >= 11 is 0. The van der Waals surface area contributed by atoms with Gasteiger partial charge in [-0.3, -0.25) is 9.69 Å². The quantitative estimate of drug-likeness (QED) is 0.359. The lowest BCUT2D eigenvalue weighted by Gasteiger charge is -2.39. The summed E-state index contributed by atoms with van der Waals surface area (Å²) in [7, 11) is 0. The van der Waals surface area contributed by atoms with Gasteiger partial charge in [0, 0.05) is 29.1 Å². The first-order chi connectivity index (χ1) is 17.5. The number of benzene rings is 2. The highest BCUT2D eigenvalue weighted by atomic mass is 16.1. The lowest BCUT2D eigenvalue weighted by Crippen LogP contribution is -2.41. The normalized spacial score (nSPS) is 15.6. The second-order valence-electron chi connectivity index (χ2n) is 10.2. The van der Waals surface area contributed by atoms with Gasteiger partial charge in [-0.05, 0) is 72.4 Å². The molecule has 0 spiro atoms. The molecule has 2 aromatic carbocycles. The molecule has 36 heavy (non-hydrogen) atoms. The summed E-state index contributed by atoms with van der Waals surface area (Å²) in [5.41, 5.74) is 5.22. The Hall–Kier alpha value is -3.32. The topological polar surface area (TPSA) is 79.7 Å². The second-order valence-corrected chi connectivity index (χ2v) is 10.2. The third-order valence-corrected chi connectivity index (χ3v) is 7.61. The summed E-state index contributed by atoms with van der Waals surface area (Å²) in [5, 5.41) is 14.0. The van der Waals surface area contributed by atoms with E-state index in [0.29, 0.717) is 19.1 Å². The smallest absolute Gasteiger partial charge is 0.252 e. The largest absolute Gasteiger partial charge is 0.322 e. The van der Waals surface area contributed by atoms with Gasteiger partial charge < -0.3 is 4.98 Å². The van der Waals surface area contributed by atoms with Crippen LogP contribution in [0.2, 0.25) is 0 Å². The summed E-state index contributed by atoms with van der Waals surface area (Å²) in [6, 6.07) is 17.1. The van der Waals surface area contributed by atoms with Gasteiger partial charge in [-0.1, -0.05) is 62.6 Å². The molecule has 4 aromatic rings. The Morgan fingerprint density at radius 2 is 1.86 bits per heavy atom. The molecule has 1 aliphatic rings. The molecule has 5 rings (SSSR count). The molecule has 7 nitrogen and oxygen atoms in total. The fourth-order valence-electron chi connectivity index (χ4n) is 5.82. The average Bonchev–Trinajstić information content (AvgIpc) is 3.33. The van der Waals surface area contributed by atoms with Crippen LogP contribution in [0.1, 0.15) is 79.6 Å². The maximum absolute atomic E-state index is 13.3. The maximum atomic E-state index is 13.3. The van der Waals surface area contributed by atoms with Crippen LogP contribution in [-0.2, 0) is 13.1 Å². The number of tetrazole rings is 1. The van der Waals surface area contributed by atoms with E-state index in [-0.39, 0.29) is 11.6 Å². The fourth-order valence-corrected chi connectivity index (χ4v) is 5.82. The lowest BCUT2D eigenvalue weighted by molar-refractivity contribution is 0.0844. The van der Waals surface area contributed by atoms with Crippen molar-refractivity contribution in [3.63, 3.8) is 0 Å². The van der Waals surface area contributed by atoms with Gasteiger partial charge >= 0.3 is 0 Å². The van der Waals surface area contributed by atoms with Gasteiger partial charge in [0.1, 0.15) is 0 Å². The molecular formula is C29H36N6O. The maximum Gasteiger partial charge on any atom is 0.252 e. The highest BCUT2D eigenvalue weighted by Gasteiger charge is 2.32. The molecule has 0 amide bonds. The number of aromatic amines is 1. The highest BCUT2D eigenvalue weighted by molar-refractivity contribution is 5.83. The Balaban J connectivity index is 1.52. The van der Waals surface area contributed by atoms with Gasteiger partial charge in [0.25, 0.3) is 5.56 Å². The van der Waals surface area contributed by atoms with E-state index < -0.39 is 0 Å². The SMILES string of the molecule is CCC(c1nnnn1Cc1ccccc1)N(Cc1cc2c(C)cc(C)cc2[nH]c1=O)C1CCCCC1. The first-order valence-corrected chi connectivity index (χ1v) is 13.2. The minimum atomic E-state index is -0.00737. The zero-order valence-electron chi connectivity index (χ0n) is 21.6. The Morgan fingerprint density at radius 3 is 2.61 bits per heavy atom. The van der Waals surface area contributed by atoms with Crippen molar-refractivity contribution in [1.82, 2.24) is 30.1 Å². The predicted molar refractivity (Wildman–Crippen MR) is 143 cm³/mol. The van der Waals surface area contributed by atoms with Crippen molar-refractivity contribution in [2.45, 2.75) is 84.5 Å². The van der Waals surface area contributed by atoms with Gasteiger partial charge in [-0.2, -0.15) is 0 Å². The molecule has 1 atom stereocenters. The molecule has 7 heteroatoms. The standard InChI is InChI=1S/C29H36N6O/c1-4-27(28-31-32-33-35(28)18-22-11-7-5-8-12-22)34(24-13-9-6-10-14-24)19-23-17-25-21(3)15-20(2)16-26(25)30-29(23)36/h5,7-8,11-12,15-17,24,27H,4,6,9-10,13-14,18-19H2,1-3H3,(H,30,36). The lowest BCUT2D eigenvalue weighted by atomic mass is 9.92. The van der Waals surface area contributed by atoms with Crippen LogP contribution in [0.25, 0.3) is 10.9 Å². The summed E-state index contributed by atoms with van der Waals surface area (Å²) in [5.74, 6) is 0.871. The van der Waals surface area contributed by atoms with E-state index in [1.54, 1.807) is 0 Å². The van der Waals surface area contributed by atoms with E-state index in [1.165, 1.54) is 30.4 Å². The molecule has 2 heterocycles. The minimum absolute atomic E-state index is 0.00737. The molecule has 0 bridgehead atoms. The van der Waals surface area contributed by atoms with Crippen molar-refractivity contribution in [2.75, 3.05) is 0 Å². The van der Waals surface area contributed by atoms with Gasteiger partial charge in [-0.15, -0.1) is 5.10 Å². The predicted octanol–water partition coefficient (Wildman–Crippen LogP) is 5.47. The van der Waals surface area contributed by atoms with Crippen molar-refractivity contribution in [3.8, 4) is 0 Å². The van der Waals surface area contributed by atoms with Crippen molar-refractivity contribution < 1.29 is 0 Å². The molecule has 2 aromatic heterocycles. The number of aryl methyl sites for hydroxylation is 2. The van der Waals surface area contributed by atoms with E-state index in [4.69, 9.17) is 0 Å². The average molecular weight is 485 g/mol. The number of hydrogen-bond acceptors (Lipinski definition) is 5. The van der Waals surface area contributed by atoms with Gasteiger partial charge in [0.05, 0.1) is 12.6 Å². The number of nitrogens with one attached hydrogen (secondary N) is 1. The third-order valence-electron chi connectivity index (χ3n) is 7.61. The van der Waals surface area contributed by atoms with Crippen LogP contribution in [0.5, 0.6) is 0 Å². The molecular weight excluding hydrogens is 448 g/mol. The van der Waals surface area contributed by atoms with Crippen molar-refractivity contribution in [3.05, 3.63) is 87.0 Å². The number of fused-ring (bicyclic) bond motifs is 1. The van der Waals surface area contributed by atoms with E-state index in [0.717, 1.165) is 47.1 Å². The summed E-state index contributed by atoms with van der Waals surface area (Å²) in [6.07, 6.45) is 6.87. The number of nitrogens with zero attached hydrogens (tertiary/aromatic N) is 5. The van der Waals surface area contributed by atoms with Crippen molar-refractivity contribution >= 4 is 10.9 Å². The molecule has 0 saturated heterocycles. The molecule has 1 unspecified atom stereocenters. The summed E-state index contributed by atoms with van der Waals surface area (Å²) in [6.45, 7) is 7.59. The van der Waals surface area contributed by atoms with Crippen LogP contribution in [0.3, 0.4) is 0 Å². The summed E-state index contributed by atoms with van der Waals surface area (Å²) < 4.78 is 1.93. The molecule has 0 aliphatic heterocycles. The number of hydrogen-bond donors (Lipinski definition) is 1. The molecule has 1 saturated carbocycles. The van der Waals surface area contributed by atoms with Gasteiger partial charge in [0.15, 0.2) is 5.82 Å². The van der Waals surface area contributed by atoms with E-state index >= 15 is 0 Å². The van der Waals surface area contributed by atoms with Crippen LogP contribution in [0, 0.1) is 13.8 Å². The summed E-state index contributed by atoms with van der Waals surface area (Å²) in [4.78, 5) is 18.9. The molecule has 1 N–H and O–H groups in total. The van der Waals surface area contributed by atoms with Crippen LogP contribution in [-0.4, -0.2) is 36.1 Å². The number of aromatic nitrogens is 5. The van der Waals surface area contributed by atoms with Crippen molar-refractivity contribution in [1.29, 1.82) is 0 Å². The fraction of sp³-hybridized carbons (Fsp3) is 0.448. The number of H-pyrrole nitrogens is 1. The first-order valence-electron chi connectivity index (χ1n) is 13.2. The first kappa shape index (κ1) is 24.4. The Morgan fingerprint density at radius 1 is 1.08 bits per heavy atom. The van der Waals surface area contributed by atoms with Crippen molar-refractivity contribution in [2.24, 2.45) is 0 Å². The van der Waals surface area contributed by atoms with Crippen LogP contribution in [0.15, 0.2) is 53.3 Å². The Labute approximate surface area is 212 Å². The van der Waals surface area contributed by atoms with Gasteiger partial charge in [-0.25, -0.2) is 4.68 Å². The zero-order valence-corrected chi connectivity index (χ0v) is 21.6. The molecule has 0 radical (unpaired) electrons. The molecule has 188 valence electrons. The monoisotopic (exact) mass is 484 g/mol. The van der Waals surface area contributed by atoms with E-state index in [9.17, 15) is 4.79 Å². The molecule has 1 aliphatic carbocycles. The van der Waals surface area contributed by atoms with Crippen LogP contribution >= 0.6 is 0 Å². The second kappa shape index (κ2) is 10.7. The van der Waals surface area contributed by atoms with E-state index in [1.807, 2.05) is 22.9 Å². The third kappa shape index (κ3) is 5.12. The number of rotatable bonds is 8. The Kier molecular flexibility index (Phi) is 7.28. The van der Waals surface area contributed by atoms with Crippen LogP contribution in [0.4, 0.5) is 0 Å².